The Bertz CT molecular complexity index is 1160. The summed E-state index contributed by atoms with van der Waals surface area (Å²) in [4.78, 5) is 76.7. The van der Waals surface area contributed by atoms with Gasteiger partial charge >= 0.3 is 0 Å². The van der Waals surface area contributed by atoms with Gasteiger partial charge in [-0.2, -0.15) is 0 Å². The predicted octanol–water partition coefficient (Wildman–Crippen LogP) is -4.05. The zero-order chi connectivity index (χ0) is 32.3. The first-order chi connectivity index (χ1) is 20.3. The molecule has 0 spiro atoms. The number of nitrogens with two attached hydrogens (primary N) is 2. The lowest BCUT2D eigenvalue weighted by atomic mass is 10.0. The quantitative estimate of drug-likeness (QED) is 0.0931. The molecule has 1 aromatic carbocycles. The van der Waals surface area contributed by atoms with Crippen molar-refractivity contribution in [3.8, 4) is 5.75 Å². The van der Waals surface area contributed by atoms with Crippen molar-refractivity contribution in [2.75, 3.05) is 26.3 Å². The number of phenols is 1. The second kappa shape index (κ2) is 16.4. The first kappa shape index (κ1) is 34.9. The summed E-state index contributed by atoms with van der Waals surface area (Å²) in [6.07, 6.45) is 0.676. The van der Waals surface area contributed by atoms with Gasteiger partial charge in [0.2, 0.25) is 35.4 Å². The number of primary amides is 1. The van der Waals surface area contributed by atoms with Gasteiger partial charge in [0.25, 0.3) is 0 Å². The second-order valence-electron chi connectivity index (χ2n) is 10.6. The SMILES string of the molecule is CC(C)[C@H](N)C(=O)N[C@@H](CO)C(=O)N1CCCC1C(=O)NCC(=O)N[C@@H](Cc1ccc(O)cc1)C(=O)N[C@@H](CO)C(N)=O. The maximum atomic E-state index is 13.1. The van der Waals surface area contributed by atoms with Crippen LogP contribution in [0.15, 0.2) is 24.3 Å². The molecule has 0 aromatic heterocycles. The lowest BCUT2D eigenvalue weighted by Crippen LogP contribution is -2.58. The van der Waals surface area contributed by atoms with E-state index in [4.69, 9.17) is 11.5 Å². The standard InChI is InChI=1S/C27H41N7O9/c1-14(2)22(28)26(42)33-19(13-36)27(43)34-9-3-4-20(34)25(41)30-11-21(38)31-17(10-15-5-7-16(37)8-6-15)24(40)32-18(12-35)23(29)39/h5-8,14,17-20,22,35-37H,3-4,9-13,28H2,1-2H3,(H2,29,39)(H,30,41)(H,31,38)(H,32,40)(H,33,42)/t17-,18-,19-,20?,22-/m0/s1. The summed E-state index contributed by atoms with van der Waals surface area (Å²) in [6, 6.07) is -0.0269. The highest BCUT2D eigenvalue weighted by Crippen LogP contribution is 2.19. The molecule has 6 amide bonds. The van der Waals surface area contributed by atoms with Gasteiger partial charge in [0.15, 0.2) is 0 Å². The number of hydrogen-bond acceptors (Lipinski definition) is 10. The highest BCUT2D eigenvalue weighted by Gasteiger charge is 2.38. The topological polar surface area (TPSA) is 267 Å². The third-order valence-electron chi connectivity index (χ3n) is 6.95. The van der Waals surface area contributed by atoms with Crippen molar-refractivity contribution in [2.45, 2.75) is 63.3 Å². The molecule has 0 bridgehead atoms. The van der Waals surface area contributed by atoms with E-state index in [1.54, 1.807) is 13.8 Å². The molecule has 11 N–H and O–H groups in total. The Morgan fingerprint density at radius 1 is 0.930 bits per heavy atom. The third kappa shape index (κ3) is 10.2. The number of aromatic hydroxyl groups is 1. The molecule has 1 aliphatic rings. The maximum absolute atomic E-state index is 13.1. The largest absolute Gasteiger partial charge is 0.508 e. The number of amides is 6. The summed E-state index contributed by atoms with van der Waals surface area (Å²) in [7, 11) is 0. The van der Waals surface area contributed by atoms with Crippen LogP contribution in [0.2, 0.25) is 0 Å². The minimum absolute atomic E-state index is 0.0168. The number of hydrogen-bond donors (Lipinski definition) is 9. The van der Waals surface area contributed by atoms with Crippen molar-refractivity contribution in [2.24, 2.45) is 17.4 Å². The smallest absolute Gasteiger partial charge is 0.248 e. The monoisotopic (exact) mass is 607 g/mol. The van der Waals surface area contributed by atoms with Crippen molar-refractivity contribution in [3.63, 3.8) is 0 Å². The normalized spacial score (nSPS) is 17.3. The van der Waals surface area contributed by atoms with Crippen molar-refractivity contribution in [1.29, 1.82) is 0 Å². The zero-order valence-corrected chi connectivity index (χ0v) is 24.1. The molecule has 0 radical (unpaired) electrons. The van der Waals surface area contributed by atoms with Crippen LogP contribution in [0, 0.1) is 5.92 Å². The van der Waals surface area contributed by atoms with E-state index in [9.17, 15) is 44.1 Å². The fourth-order valence-electron chi connectivity index (χ4n) is 4.35. The number of carbonyl (C=O) groups is 6. The number of aliphatic hydroxyl groups excluding tert-OH is 2. The summed E-state index contributed by atoms with van der Waals surface area (Å²) >= 11 is 0. The van der Waals surface area contributed by atoms with Crippen LogP contribution >= 0.6 is 0 Å². The average Bonchev–Trinajstić information content (AvgIpc) is 3.47. The van der Waals surface area contributed by atoms with Crippen LogP contribution in [0.5, 0.6) is 5.75 Å². The molecule has 1 aromatic rings. The number of aliphatic hydroxyl groups is 2. The molecule has 1 saturated heterocycles. The van der Waals surface area contributed by atoms with E-state index in [0.29, 0.717) is 12.0 Å². The summed E-state index contributed by atoms with van der Waals surface area (Å²) in [5, 5.41) is 38.2. The van der Waals surface area contributed by atoms with Crippen molar-refractivity contribution in [1.82, 2.24) is 26.2 Å². The van der Waals surface area contributed by atoms with Gasteiger partial charge in [0, 0.05) is 13.0 Å². The fraction of sp³-hybridized carbons (Fsp3) is 0.556. The summed E-state index contributed by atoms with van der Waals surface area (Å²) in [6.45, 7) is 1.60. The van der Waals surface area contributed by atoms with Gasteiger partial charge in [-0.15, -0.1) is 0 Å². The summed E-state index contributed by atoms with van der Waals surface area (Å²) in [5.41, 5.74) is 11.5. The molecule has 2 rings (SSSR count). The molecule has 0 saturated carbocycles. The maximum Gasteiger partial charge on any atom is 0.248 e. The van der Waals surface area contributed by atoms with Gasteiger partial charge in [0.1, 0.15) is 29.9 Å². The molecule has 16 heteroatoms. The van der Waals surface area contributed by atoms with Crippen molar-refractivity contribution in [3.05, 3.63) is 29.8 Å². The van der Waals surface area contributed by atoms with E-state index >= 15 is 0 Å². The number of carbonyl (C=O) groups excluding carboxylic acids is 6. The molecule has 16 nitrogen and oxygen atoms in total. The molecule has 0 aliphatic carbocycles. The Hall–Kier alpha value is -4.28. The average molecular weight is 608 g/mol. The lowest BCUT2D eigenvalue weighted by Gasteiger charge is -2.28. The highest BCUT2D eigenvalue weighted by atomic mass is 16.3. The van der Waals surface area contributed by atoms with Gasteiger partial charge in [-0.1, -0.05) is 26.0 Å². The summed E-state index contributed by atoms with van der Waals surface area (Å²) < 4.78 is 0. The van der Waals surface area contributed by atoms with E-state index in [2.05, 4.69) is 21.3 Å². The molecule has 1 aliphatic heterocycles. The van der Waals surface area contributed by atoms with Crippen LogP contribution in [0.25, 0.3) is 0 Å². The Balaban J connectivity index is 2.05. The molecular formula is C27H41N7O9. The van der Waals surface area contributed by atoms with E-state index in [0.717, 1.165) is 0 Å². The van der Waals surface area contributed by atoms with Gasteiger partial charge in [0.05, 0.1) is 25.8 Å². The predicted molar refractivity (Wildman–Crippen MR) is 152 cm³/mol. The van der Waals surface area contributed by atoms with Gasteiger partial charge in [-0.3, -0.25) is 28.8 Å². The van der Waals surface area contributed by atoms with Crippen LogP contribution in [0.3, 0.4) is 0 Å². The highest BCUT2D eigenvalue weighted by molar-refractivity contribution is 5.96. The van der Waals surface area contributed by atoms with Crippen LogP contribution in [0.4, 0.5) is 0 Å². The van der Waals surface area contributed by atoms with Crippen molar-refractivity contribution >= 4 is 35.4 Å². The van der Waals surface area contributed by atoms with E-state index in [1.807, 2.05) is 0 Å². The second-order valence-corrected chi connectivity index (χ2v) is 10.6. The number of nitrogens with one attached hydrogen (secondary N) is 4. The van der Waals surface area contributed by atoms with Gasteiger partial charge in [-0.05, 0) is 36.5 Å². The number of phenolic OH excluding ortho intramolecular Hbond substituents is 1. The molecule has 5 atom stereocenters. The Morgan fingerprint density at radius 2 is 1.53 bits per heavy atom. The first-order valence-electron chi connectivity index (χ1n) is 13.8. The first-order valence-corrected chi connectivity index (χ1v) is 13.8. The summed E-state index contributed by atoms with van der Waals surface area (Å²) in [5.74, 6) is -4.76. The van der Waals surface area contributed by atoms with Crippen LogP contribution in [-0.2, 0) is 35.2 Å². The molecular weight excluding hydrogens is 566 g/mol. The molecule has 43 heavy (non-hydrogen) atoms. The number of likely N-dealkylation sites (tertiary alicyclic amines) is 1. The molecule has 1 unspecified atom stereocenters. The Kier molecular flexibility index (Phi) is 13.3. The van der Waals surface area contributed by atoms with Gasteiger partial charge in [-0.25, -0.2) is 0 Å². The molecule has 1 fully saturated rings. The molecule has 238 valence electrons. The number of rotatable bonds is 15. The van der Waals surface area contributed by atoms with Gasteiger partial charge < -0.3 is 53.0 Å². The minimum Gasteiger partial charge on any atom is -0.508 e. The Morgan fingerprint density at radius 3 is 2.09 bits per heavy atom. The van der Waals surface area contributed by atoms with E-state index < -0.39 is 85.4 Å². The minimum atomic E-state index is -1.40. The van der Waals surface area contributed by atoms with E-state index in [-0.39, 0.29) is 31.1 Å². The van der Waals surface area contributed by atoms with Crippen LogP contribution < -0.4 is 32.7 Å². The van der Waals surface area contributed by atoms with Crippen LogP contribution in [0.1, 0.15) is 32.3 Å². The van der Waals surface area contributed by atoms with E-state index in [1.165, 1.54) is 29.2 Å². The zero-order valence-electron chi connectivity index (χ0n) is 24.1. The molecule has 1 heterocycles. The number of benzene rings is 1. The van der Waals surface area contributed by atoms with Crippen LogP contribution in [-0.4, -0.2) is 112 Å². The lowest BCUT2D eigenvalue weighted by molar-refractivity contribution is -0.142. The Labute approximate surface area is 248 Å². The van der Waals surface area contributed by atoms with Crippen molar-refractivity contribution < 1.29 is 44.1 Å². The fourth-order valence-corrected chi connectivity index (χ4v) is 4.35. The number of nitrogens with zero attached hydrogens (tertiary/aromatic N) is 1. The third-order valence-corrected chi connectivity index (χ3v) is 6.95.